The number of fused-ring (bicyclic) bond motifs is 1. The molecular weight excluding hydrogens is 332 g/mol. The van der Waals surface area contributed by atoms with E-state index in [9.17, 15) is 4.79 Å². The molecule has 5 heteroatoms. The van der Waals surface area contributed by atoms with E-state index < -0.39 is 0 Å². The zero-order chi connectivity index (χ0) is 14.8. The molecule has 1 amide bonds. The minimum absolute atomic E-state index is 0.0438. The van der Waals surface area contributed by atoms with Crippen molar-refractivity contribution < 1.29 is 9.53 Å². The Labute approximate surface area is 134 Å². The normalized spacial score (nSPS) is 25.6. The molecular formula is C16H21BrN2O2. The van der Waals surface area contributed by atoms with E-state index in [1.54, 1.807) is 0 Å². The SMILES string of the molecule is Cc1cccc(C(=O)NCC2CN3CCCC3CO2)c1Br. The molecule has 2 fully saturated rings. The summed E-state index contributed by atoms with van der Waals surface area (Å²) in [4.78, 5) is 14.8. The summed E-state index contributed by atoms with van der Waals surface area (Å²) in [6.45, 7) is 5.46. The monoisotopic (exact) mass is 352 g/mol. The minimum atomic E-state index is -0.0438. The second-order valence-corrected chi connectivity index (χ2v) is 6.69. The number of amides is 1. The maximum atomic E-state index is 12.3. The molecule has 1 aromatic carbocycles. The second-order valence-electron chi connectivity index (χ2n) is 5.89. The lowest BCUT2D eigenvalue weighted by Crippen LogP contribution is -2.50. The zero-order valence-corrected chi connectivity index (χ0v) is 13.9. The molecule has 1 aromatic rings. The van der Waals surface area contributed by atoms with Gasteiger partial charge in [-0.15, -0.1) is 0 Å². The Balaban J connectivity index is 1.55. The van der Waals surface area contributed by atoms with Crippen molar-refractivity contribution in [2.45, 2.75) is 31.9 Å². The molecule has 2 aliphatic heterocycles. The van der Waals surface area contributed by atoms with Gasteiger partial charge in [0.05, 0.1) is 18.3 Å². The molecule has 2 atom stereocenters. The lowest BCUT2D eigenvalue weighted by Gasteiger charge is -2.35. The van der Waals surface area contributed by atoms with E-state index >= 15 is 0 Å². The van der Waals surface area contributed by atoms with E-state index in [0.29, 0.717) is 18.2 Å². The number of halogens is 1. The maximum Gasteiger partial charge on any atom is 0.252 e. The molecule has 0 bridgehead atoms. The van der Waals surface area contributed by atoms with Crippen LogP contribution in [0.1, 0.15) is 28.8 Å². The van der Waals surface area contributed by atoms with Crippen LogP contribution in [0.25, 0.3) is 0 Å². The summed E-state index contributed by atoms with van der Waals surface area (Å²) < 4.78 is 6.73. The van der Waals surface area contributed by atoms with Gasteiger partial charge in [-0.25, -0.2) is 0 Å². The zero-order valence-electron chi connectivity index (χ0n) is 12.3. The third-order valence-corrected chi connectivity index (χ3v) is 5.44. The highest BCUT2D eigenvalue weighted by atomic mass is 79.9. The molecule has 0 aromatic heterocycles. The smallest absolute Gasteiger partial charge is 0.252 e. The number of hydrogen-bond acceptors (Lipinski definition) is 3. The fraction of sp³-hybridized carbons (Fsp3) is 0.562. The maximum absolute atomic E-state index is 12.3. The number of aryl methyl sites for hydroxylation is 1. The molecule has 1 N–H and O–H groups in total. The van der Waals surface area contributed by atoms with Gasteiger partial charge in [-0.05, 0) is 53.9 Å². The summed E-state index contributed by atoms with van der Waals surface area (Å²) in [7, 11) is 0. The Morgan fingerprint density at radius 3 is 3.24 bits per heavy atom. The van der Waals surface area contributed by atoms with E-state index in [1.165, 1.54) is 19.4 Å². The fourth-order valence-corrected chi connectivity index (χ4v) is 3.58. The topological polar surface area (TPSA) is 41.6 Å². The molecule has 0 saturated carbocycles. The van der Waals surface area contributed by atoms with Gasteiger partial charge >= 0.3 is 0 Å². The van der Waals surface area contributed by atoms with Crippen LogP contribution in [0.3, 0.4) is 0 Å². The van der Waals surface area contributed by atoms with Crippen LogP contribution in [0.5, 0.6) is 0 Å². The van der Waals surface area contributed by atoms with Gasteiger partial charge in [0, 0.05) is 23.6 Å². The van der Waals surface area contributed by atoms with Crippen molar-refractivity contribution in [3.63, 3.8) is 0 Å². The van der Waals surface area contributed by atoms with E-state index in [0.717, 1.165) is 23.2 Å². The summed E-state index contributed by atoms with van der Waals surface area (Å²) in [6.07, 6.45) is 2.62. The number of hydrogen-bond donors (Lipinski definition) is 1. The summed E-state index contributed by atoms with van der Waals surface area (Å²) in [5.74, 6) is -0.0438. The fourth-order valence-electron chi connectivity index (χ4n) is 3.13. The summed E-state index contributed by atoms with van der Waals surface area (Å²) in [6, 6.07) is 6.33. The predicted octanol–water partition coefficient (Wildman–Crippen LogP) is 2.35. The standard InChI is InChI=1S/C16H21BrN2O2/c1-11-4-2-6-14(15(11)17)16(20)18-8-13-9-19-7-3-5-12(19)10-21-13/h2,4,6,12-13H,3,5,7-10H2,1H3,(H,18,20). The first-order valence-electron chi connectivity index (χ1n) is 7.54. The highest BCUT2D eigenvalue weighted by molar-refractivity contribution is 9.10. The Morgan fingerprint density at radius 1 is 1.52 bits per heavy atom. The van der Waals surface area contributed by atoms with Crippen LogP contribution >= 0.6 is 15.9 Å². The van der Waals surface area contributed by atoms with E-state index in [2.05, 4.69) is 26.1 Å². The van der Waals surface area contributed by atoms with Crippen LogP contribution in [0, 0.1) is 6.92 Å². The summed E-state index contributed by atoms with van der Waals surface area (Å²) >= 11 is 3.48. The van der Waals surface area contributed by atoms with Gasteiger partial charge in [0.1, 0.15) is 0 Å². The lowest BCUT2D eigenvalue weighted by molar-refractivity contribution is -0.0461. The van der Waals surface area contributed by atoms with Crippen molar-refractivity contribution in [2.24, 2.45) is 0 Å². The average Bonchev–Trinajstić information content (AvgIpc) is 2.95. The predicted molar refractivity (Wildman–Crippen MR) is 85.5 cm³/mol. The highest BCUT2D eigenvalue weighted by Gasteiger charge is 2.32. The van der Waals surface area contributed by atoms with Crippen molar-refractivity contribution in [3.8, 4) is 0 Å². The molecule has 0 aliphatic carbocycles. The molecule has 21 heavy (non-hydrogen) atoms. The van der Waals surface area contributed by atoms with Gasteiger partial charge in [0.15, 0.2) is 0 Å². The van der Waals surface area contributed by atoms with Crippen LogP contribution in [0.2, 0.25) is 0 Å². The van der Waals surface area contributed by atoms with Crippen molar-refractivity contribution in [1.29, 1.82) is 0 Å². The quantitative estimate of drug-likeness (QED) is 0.907. The Bertz CT molecular complexity index is 535. The van der Waals surface area contributed by atoms with Crippen LogP contribution in [-0.2, 0) is 4.74 Å². The number of carbonyl (C=O) groups excluding carboxylic acids is 1. The van der Waals surface area contributed by atoms with Crippen molar-refractivity contribution in [3.05, 3.63) is 33.8 Å². The number of nitrogens with one attached hydrogen (secondary N) is 1. The molecule has 3 rings (SSSR count). The van der Waals surface area contributed by atoms with Crippen molar-refractivity contribution in [1.82, 2.24) is 10.2 Å². The summed E-state index contributed by atoms with van der Waals surface area (Å²) in [5, 5.41) is 3.00. The molecule has 2 saturated heterocycles. The van der Waals surface area contributed by atoms with Crippen LogP contribution in [0.4, 0.5) is 0 Å². The first-order valence-corrected chi connectivity index (χ1v) is 8.33. The number of benzene rings is 1. The Morgan fingerprint density at radius 2 is 2.38 bits per heavy atom. The molecule has 4 nitrogen and oxygen atoms in total. The van der Waals surface area contributed by atoms with E-state index in [-0.39, 0.29) is 12.0 Å². The molecule has 0 radical (unpaired) electrons. The van der Waals surface area contributed by atoms with Crippen LogP contribution in [0.15, 0.2) is 22.7 Å². The Hall–Kier alpha value is -0.910. The van der Waals surface area contributed by atoms with Crippen molar-refractivity contribution >= 4 is 21.8 Å². The third kappa shape index (κ3) is 3.30. The second kappa shape index (κ2) is 6.46. The highest BCUT2D eigenvalue weighted by Crippen LogP contribution is 2.23. The van der Waals surface area contributed by atoms with Crippen LogP contribution in [-0.4, -0.2) is 49.2 Å². The third-order valence-electron chi connectivity index (χ3n) is 4.39. The number of carbonyl (C=O) groups is 1. The van der Waals surface area contributed by atoms with Gasteiger partial charge in [0.2, 0.25) is 0 Å². The summed E-state index contributed by atoms with van der Waals surface area (Å²) in [5.41, 5.74) is 1.75. The first-order chi connectivity index (χ1) is 10.1. The Kier molecular flexibility index (Phi) is 4.62. The number of rotatable bonds is 3. The molecule has 2 heterocycles. The van der Waals surface area contributed by atoms with Gasteiger partial charge in [-0.1, -0.05) is 12.1 Å². The van der Waals surface area contributed by atoms with Gasteiger partial charge in [-0.2, -0.15) is 0 Å². The molecule has 2 aliphatic rings. The largest absolute Gasteiger partial charge is 0.373 e. The lowest BCUT2D eigenvalue weighted by atomic mass is 10.1. The van der Waals surface area contributed by atoms with Gasteiger partial charge in [0.25, 0.3) is 5.91 Å². The first kappa shape index (κ1) is 15.0. The van der Waals surface area contributed by atoms with Gasteiger partial charge in [-0.3, -0.25) is 9.69 Å². The van der Waals surface area contributed by atoms with Crippen LogP contribution < -0.4 is 5.32 Å². The minimum Gasteiger partial charge on any atom is -0.373 e. The van der Waals surface area contributed by atoms with Crippen molar-refractivity contribution in [2.75, 3.05) is 26.2 Å². The average molecular weight is 353 g/mol. The molecule has 114 valence electrons. The molecule has 0 spiro atoms. The van der Waals surface area contributed by atoms with E-state index in [4.69, 9.17) is 4.74 Å². The van der Waals surface area contributed by atoms with E-state index in [1.807, 2.05) is 25.1 Å². The van der Waals surface area contributed by atoms with Gasteiger partial charge < -0.3 is 10.1 Å². The number of morpholine rings is 1. The molecule has 2 unspecified atom stereocenters. The number of nitrogens with zero attached hydrogens (tertiary/aromatic N) is 1. The number of ether oxygens (including phenoxy) is 1.